The highest BCUT2D eigenvalue weighted by molar-refractivity contribution is 5.83. The van der Waals surface area contributed by atoms with Gasteiger partial charge in [-0.1, -0.05) is 37.3 Å². The topological polar surface area (TPSA) is 59.2 Å². The molecule has 1 saturated heterocycles. The van der Waals surface area contributed by atoms with Crippen molar-refractivity contribution in [1.29, 1.82) is 0 Å². The van der Waals surface area contributed by atoms with E-state index in [4.69, 9.17) is 4.42 Å². The highest BCUT2D eigenvalue weighted by Crippen LogP contribution is 2.33. The molecule has 3 rings (SSSR count). The van der Waals surface area contributed by atoms with Crippen molar-refractivity contribution in [2.24, 2.45) is 0 Å². The summed E-state index contributed by atoms with van der Waals surface area (Å²) < 4.78 is 42.8. The van der Waals surface area contributed by atoms with Crippen LogP contribution in [0.1, 0.15) is 55.4 Å². The maximum atomic E-state index is 13.0. The molecule has 0 spiro atoms. The average Bonchev–Trinajstić information content (AvgIpc) is 3.14. The fourth-order valence-corrected chi connectivity index (χ4v) is 3.35. The number of hydrogen-bond acceptors (Lipinski definition) is 4. The van der Waals surface area contributed by atoms with Gasteiger partial charge in [0.1, 0.15) is 0 Å². The minimum atomic E-state index is -4.66. The zero-order chi connectivity index (χ0) is 18.7. The normalized spacial score (nSPS) is 19.4. The first-order chi connectivity index (χ1) is 12.4. The number of rotatable bonds is 4. The summed E-state index contributed by atoms with van der Waals surface area (Å²) in [5, 5.41) is 6.63. The standard InChI is InChI=1S/C18H20F3N3O2/c1-2-14(12-7-4-3-5-8-12)16(25)24-10-6-9-13(11-24)15-22-23-17(26-15)18(19,20)21/h3-5,7-8,13-14H,2,6,9-11H2,1H3. The van der Waals surface area contributed by atoms with Crippen LogP contribution >= 0.6 is 0 Å². The second kappa shape index (κ2) is 7.47. The van der Waals surface area contributed by atoms with Gasteiger partial charge in [0.25, 0.3) is 0 Å². The van der Waals surface area contributed by atoms with Crippen LogP contribution in [0.2, 0.25) is 0 Å². The lowest BCUT2D eigenvalue weighted by Gasteiger charge is -2.33. The molecular weight excluding hydrogens is 347 g/mol. The van der Waals surface area contributed by atoms with E-state index in [9.17, 15) is 18.0 Å². The van der Waals surface area contributed by atoms with Crippen LogP contribution in [0.15, 0.2) is 34.7 Å². The van der Waals surface area contributed by atoms with Gasteiger partial charge in [-0.2, -0.15) is 13.2 Å². The number of hydrogen-bond donors (Lipinski definition) is 0. The van der Waals surface area contributed by atoms with Gasteiger partial charge in [0.15, 0.2) is 0 Å². The van der Waals surface area contributed by atoms with Crippen LogP contribution < -0.4 is 0 Å². The number of likely N-dealkylation sites (tertiary alicyclic amines) is 1. The molecule has 2 atom stereocenters. The van der Waals surface area contributed by atoms with Gasteiger partial charge in [0.2, 0.25) is 11.8 Å². The Balaban J connectivity index is 1.73. The fourth-order valence-electron chi connectivity index (χ4n) is 3.35. The number of aromatic nitrogens is 2. The molecule has 1 aliphatic rings. The third kappa shape index (κ3) is 3.89. The predicted molar refractivity (Wildman–Crippen MR) is 87.3 cm³/mol. The Hall–Kier alpha value is -2.38. The number of amides is 1. The second-order valence-corrected chi connectivity index (χ2v) is 6.44. The van der Waals surface area contributed by atoms with Crippen LogP contribution in [0.4, 0.5) is 13.2 Å². The predicted octanol–water partition coefficient (Wildman–Crippen LogP) is 3.99. The summed E-state index contributed by atoms with van der Waals surface area (Å²) in [6.07, 6.45) is -2.70. The summed E-state index contributed by atoms with van der Waals surface area (Å²) in [4.78, 5) is 14.7. The lowest BCUT2D eigenvalue weighted by Crippen LogP contribution is -2.41. The number of alkyl halides is 3. The molecule has 1 aromatic heterocycles. The molecule has 1 fully saturated rings. The smallest absolute Gasteiger partial charge is 0.417 e. The van der Waals surface area contributed by atoms with E-state index >= 15 is 0 Å². The van der Waals surface area contributed by atoms with E-state index < -0.39 is 12.1 Å². The first-order valence-electron chi connectivity index (χ1n) is 8.64. The van der Waals surface area contributed by atoms with E-state index in [1.54, 1.807) is 4.90 Å². The van der Waals surface area contributed by atoms with Crippen molar-refractivity contribution in [3.8, 4) is 0 Å². The average molecular weight is 367 g/mol. The zero-order valence-corrected chi connectivity index (χ0v) is 14.4. The third-order valence-corrected chi connectivity index (χ3v) is 4.67. The molecule has 8 heteroatoms. The minimum absolute atomic E-state index is 0.0149. The Morgan fingerprint density at radius 3 is 2.65 bits per heavy atom. The van der Waals surface area contributed by atoms with Crippen LogP contribution in [-0.2, 0) is 11.0 Å². The van der Waals surface area contributed by atoms with Crippen molar-refractivity contribution in [3.63, 3.8) is 0 Å². The summed E-state index contributed by atoms with van der Waals surface area (Å²) in [7, 11) is 0. The quantitative estimate of drug-likeness (QED) is 0.820. The van der Waals surface area contributed by atoms with Gasteiger partial charge >= 0.3 is 12.1 Å². The summed E-state index contributed by atoms with van der Waals surface area (Å²) in [6.45, 7) is 2.82. The molecule has 26 heavy (non-hydrogen) atoms. The maximum Gasteiger partial charge on any atom is 0.470 e. The molecule has 0 N–H and O–H groups in total. The van der Waals surface area contributed by atoms with Crippen molar-refractivity contribution < 1.29 is 22.4 Å². The Labute approximate surface area is 149 Å². The van der Waals surface area contributed by atoms with Gasteiger partial charge in [0.05, 0.1) is 11.8 Å². The zero-order valence-electron chi connectivity index (χ0n) is 14.4. The maximum absolute atomic E-state index is 13.0. The summed E-state index contributed by atoms with van der Waals surface area (Å²) >= 11 is 0. The molecule has 0 radical (unpaired) electrons. The highest BCUT2D eigenvalue weighted by Gasteiger charge is 2.39. The Morgan fingerprint density at radius 2 is 2.04 bits per heavy atom. The van der Waals surface area contributed by atoms with Gasteiger partial charge in [-0.25, -0.2) is 0 Å². The molecular formula is C18H20F3N3O2. The van der Waals surface area contributed by atoms with E-state index in [-0.39, 0.29) is 23.6 Å². The summed E-state index contributed by atoms with van der Waals surface area (Å²) in [5.74, 6) is -2.04. The van der Waals surface area contributed by atoms with Crippen molar-refractivity contribution in [3.05, 3.63) is 47.7 Å². The fraction of sp³-hybridized carbons (Fsp3) is 0.500. The monoisotopic (exact) mass is 367 g/mol. The first-order valence-corrected chi connectivity index (χ1v) is 8.64. The Morgan fingerprint density at radius 1 is 1.31 bits per heavy atom. The molecule has 2 aromatic rings. The van der Waals surface area contributed by atoms with Gasteiger partial charge in [0, 0.05) is 13.1 Å². The van der Waals surface area contributed by atoms with Crippen molar-refractivity contribution in [2.75, 3.05) is 13.1 Å². The van der Waals surface area contributed by atoms with Gasteiger partial charge in [-0.15, -0.1) is 10.2 Å². The van der Waals surface area contributed by atoms with Crippen molar-refractivity contribution >= 4 is 5.91 Å². The van der Waals surface area contributed by atoms with Crippen LogP contribution in [0.3, 0.4) is 0 Å². The highest BCUT2D eigenvalue weighted by atomic mass is 19.4. The molecule has 1 aliphatic heterocycles. The number of carbonyl (C=O) groups is 1. The molecule has 0 bridgehead atoms. The summed E-state index contributed by atoms with van der Waals surface area (Å²) in [6, 6.07) is 9.51. The van der Waals surface area contributed by atoms with E-state index in [1.165, 1.54) is 0 Å². The molecule has 0 aliphatic carbocycles. The SMILES string of the molecule is CCC(C(=O)N1CCCC(c2nnc(C(F)(F)F)o2)C1)c1ccccc1. The minimum Gasteiger partial charge on any atom is -0.417 e. The molecule has 140 valence electrons. The van der Waals surface area contributed by atoms with Crippen LogP contribution in [-0.4, -0.2) is 34.1 Å². The number of piperidine rings is 1. The Bertz CT molecular complexity index is 746. The van der Waals surface area contributed by atoms with Gasteiger partial charge < -0.3 is 9.32 Å². The molecule has 2 heterocycles. The lowest BCUT2D eigenvalue weighted by atomic mass is 9.92. The number of carbonyl (C=O) groups excluding carboxylic acids is 1. The molecule has 1 amide bonds. The van der Waals surface area contributed by atoms with E-state index in [0.29, 0.717) is 32.4 Å². The second-order valence-electron chi connectivity index (χ2n) is 6.44. The number of benzene rings is 1. The van der Waals surface area contributed by atoms with E-state index in [2.05, 4.69) is 10.2 Å². The molecule has 1 aromatic carbocycles. The van der Waals surface area contributed by atoms with Crippen LogP contribution in [0.5, 0.6) is 0 Å². The number of nitrogens with zero attached hydrogens (tertiary/aromatic N) is 3. The van der Waals surface area contributed by atoms with Gasteiger partial charge in [-0.05, 0) is 24.8 Å². The van der Waals surface area contributed by atoms with Crippen LogP contribution in [0.25, 0.3) is 0 Å². The van der Waals surface area contributed by atoms with Crippen molar-refractivity contribution in [1.82, 2.24) is 15.1 Å². The van der Waals surface area contributed by atoms with E-state index in [1.807, 2.05) is 37.3 Å². The number of halogens is 3. The van der Waals surface area contributed by atoms with Crippen molar-refractivity contribution in [2.45, 2.75) is 44.2 Å². The first kappa shape index (κ1) is 18.4. The Kier molecular flexibility index (Phi) is 5.29. The lowest BCUT2D eigenvalue weighted by molar-refractivity contribution is -0.157. The van der Waals surface area contributed by atoms with E-state index in [0.717, 1.165) is 5.56 Å². The molecule has 5 nitrogen and oxygen atoms in total. The van der Waals surface area contributed by atoms with Gasteiger partial charge in [-0.3, -0.25) is 4.79 Å². The molecule has 2 unspecified atom stereocenters. The largest absolute Gasteiger partial charge is 0.470 e. The van der Waals surface area contributed by atoms with Crippen LogP contribution in [0, 0.1) is 0 Å². The molecule has 0 saturated carbocycles. The third-order valence-electron chi connectivity index (χ3n) is 4.67. The summed E-state index contributed by atoms with van der Waals surface area (Å²) in [5.41, 5.74) is 0.944.